The minimum absolute atomic E-state index is 0.0383. The molecule has 0 aliphatic carbocycles. The van der Waals surface area contributed by atoms with Crippen LogP contribution in [0.5, 0.6) is 0 Å². The Morgan fingerprint density at radius 1 is 1.53 bits per heavy atom. The summed E-state index contributed by atoms with van der Waals surface area (Å²) in [6, 6.07) is 1.52. The van der Waals surface area contributed by atoms with Crippen LogP contribution in [0.2, 0.25) is 0 Å². The minimum atomic E-state index is -0.309. The van der Waals surface area contributed by atoms with E-state index in [9.17, 15) is 9.59 Å². The van der Waals surface area contributed by atoms with E-state index >= 15 is 0 Å². The number of fused-ring (bicyclic) bond motifs is 1. The van der Waals surface area contributed by atoms with Crippen LogP contribution in [0.25, 0.3) is 0 Å². The van der Waals surface area contributed by atoms with Crippen molar-refractivity contribution in [3.05, 3.63) is 22.1 Å². The van der Waals surface area contributed by atoms with Crippen LogP contribution in [0.3, 0.4) is 0 Å². The summed E-state index contributed by atoms with van der Waals surface area (Å²) < 4.78 is 1.23. The summed E-state index contributed by atoms with van der Waals surface area (Å²) in [7, 11) is 0. The zero-order valence-corrected chi connectivity index (χ0v) is 11.6. The van der Waals surface area contributed by atoms with E-state index in [4.69, 9.17) is 0 Å². The number of aromatic nitrogens is 2. The Hall–Kier alpha value is -1.85. The van der Waals surface area contributed by atoms with Crippen molar-refractivity contribution in [3.63, 3.8) is 0 Å². The molecule has 0 unspecified atom stereocenters. The van der Waals surface area contributed by atoms with E-state index in [1.165, 1.54) is 10.7 Å². The second kappa shape index (κ2) is 5.03. The van der Waals surface area contributed by atoms with Crippen LogP contribution in [0, 0.1) is 0 Å². The number of amides is 1. The van der Waals surface area contributed by atoms with Gasteiger partial charge in [0, 0.05) is 18.2 Å². The third-order valence-corrected chi connectivity index (χ3v) is 2.79. The van der Waals surface area contributed by atoms with E-state index in [0.717, 1.165) is 30.8 Å². The van der Waals surface area contributed by atoms with Gasteiger partial charge in [-0.15, -0.1) is 0 Å². The van der Waals surface area contributed by atoms with Gasteiger partial charge >= 0.3 is 0 Å². The van der Waals surface area contributed by atoms with Gasteiger partial charge in [-0.25, -0.2) is 4.68 Å². The predicted octanol–water partition coefficient (Wildman–Crippen LogP) is 0.516. The maximum atomic E-state index is 11.9. The number of hydrogen-bond donors (Lipinski definition) is 2. The molecule has 6 heteroatoms. The van der Waals surface area contributed by atoms with Crippen LogP contribution in [0.1, 0.15) is 32.9 Å². The smallest absolute Gasteiger partial charge is 0.269 e. The molecule has 1 aromatic heterocycles. The second-order valence-corrected chi connectivity index (χ2v) is 5.83. The molecule has 2 N–H and O–H groups in total. The first-order chi connectivity index (χ1) is 8.85. The van der Waals surface area contributed by atoms with Crippen LogP contribution >= 0.6 is 0 Å². The quantitative estimate of drug-likeness (QED) is 0.816. The highest BCUT2D eigenvalue weighted by molar-refractivity contribution is 5.76. The normalized spacial score (nSPS) is 14.5. The van der Waals surface area contributed by atoms with Crippen LogP contribution in [-0.2, 0) is 17.8 Å². The molecule has 1 aliphatic rings. The molecule has 1 amide bonds. The Morgan fingerprint density at radius 2 is 2.26 bits per heavy atom. The van der Waals surface area contributed by atoms with Crippen LogP contribution in [0.15, 0.2) is 10.9 Å². The number of carbonyl (C=O) groups is 1. The average Bonchev–Trinajstić information content (AvgIpc) is 2.27. The predicted molar refractivity (Wildman–Crippen MR) is 73.2 cm³/mol. The Bertz CT molecular complexity index is 543. The van der Waals surface area contributed by atoms with Crippen molar-refractivity contribution in [2.24, 2.45) is 0 Å². The molecule has 0 bridgehead atoms. The van der Waals surface area contributed by atoms with Gasteiger partial charge in [-0.05, 0) is 33.6 Å². The van der Waals surface area contributed by atoms with Crippen LogP contribution in [0.4, 0.5) is 5.69 Å². The second-order valence-electron chi connectivity index (χ2n) is 5.83. The minimum Gasteiger partial charge on any atom is -0.383 e. The Labute approximate surface area is 112 Å². The van der Waals surface area contributed by atoms with E-state index in [-0.39, 0.29) is 23.6 Å². The lowest BCUT2D eigenvalue weighted by molar-refractivity contribution is -0.123. The largest absolute Gasteiger partial charge is 0.383 e. The molecule has 0 spiro atoms. The average molecular weight is 264 g/mol. The molecule has 0 atom stereocenters. The molecule has 1 aliphatic heterocycles. The molecular formula is C13H20N4O2. The third-order valence-electron chi connectivity index (χ3n) is 2.79. The van der Waals surface area contributed by atoms with Gasteiger partial charge < -0.3 is 10.6 Å². The Balaban J connectivity index is 2.17. The monoisotopic (exact) mass is 264 g/mol. The molecule has 1 aromatic rings. The molecule has 0 saturated heterocycles. The summed E-state index contributed by atoms with van der Waals surface area (Å²) in [5.41, 5.74) is 1.09. The molecule has 104 valence electrons. The lowest BCUT2D eigenvalue weighted by Gasteiger charge is -2.21. The molecule has 0 saturated carbocycles. The van der Waals surface area contributed by atoms with Gasteiger partial charge in [0.1, 0.15) is 6.54 Å². The fourth-order valence-electron chi connectivity index (χ4n) is 2.05. The van der Waals surface area contributed by atoms with Gasteiger partial charge in [-0.2, -0.15) is 5.10 Å². The van der Waals surface area contributed by atoms with Crippen molar-refractivity contribution in [3.8, 4) is 0 Å². The molecule has 0 radical (unpaired) electrons. The van der Waals surface area contributed by atoms with Gasteiger partial charge in [0.2, 0.25) is 5.91 Å². The highest BCUT2D eigenvalue weighted by atomic mass is 16.2. The number of anilines is 1. The van der Waals surface area contributed by atoms with E-state index < -0.39 is 0 Å². The zero-order chi connectivity index (χ0) is 14.0. The molecule has 2 heterocycles. The number of nitrogens with one attached hydrogen (secondary N) is 2. The van der Waals surface area contributed by atoms with Gasteiger partial charge in [-0.1, -0.05) is 0 Å². The summed E-state index contributed by atoms with van der Waals surface area (Å²) in [4.78, 5) is 23.7. The number of hydrogen-bond acceptors (Lipinski definition) is 4. The summed E-state index contributed by atoms with van der Waals surface area (Å²) in [6.45, 7) is 6.53. The molecule has 19 heavy (non-hydrogen) atoms. The Morgan fingerprint density at radius 3 is 2.95 bits per heavy atom. The fourth-order valence-corrected chi connectivity index (χ4v) is 2.05. The van der Waals surface area contributed by atoms with Gasteiger partial charge in [0.05, 0.1) is 11.4 Å². The van der Waals surface area contributed by atoms with E-state index in [2.05, 4.69) is 15.7 Å². The molecule has 2 rings (SSSR count). The topological polar surface area (TPSA) is 76.0 Å². The highest BCUT2D eigenvalue weighted by Crippen LogP contribution is 2.16. The lowest BCUT2D eigenvalue weighted by Crippen LogP contribution is -2.44. The summed E-state index contributed by atoms with van der Waals surface area (Å²) in [5, 5.41) is 10.2. The molecule has 6 nitrogen and oxygen atoms in total. The van der Waals surface area contributed by atoms with E-state index in [0.29, 0.717) is 0 Å². The number of nitrogens with zero attached hydrogens (tertiary/aromatic N) is 2. The first-order valence-corrected chi connectivity index (χ1v) is 6.51. The number of aryl methyl sites for hydroxylation is 1. The lowest BCUT2D eigenvalue weighted by atomic mass is 10.1. The Kier molecular flexibility index (Phi) is 3.59. The molecule has 0 aromatic carbocycles. The first kappa shape index (κ1) is 13.6. The van der Waals surface area contributed by atoms with E-state index in [1.54, 1.807) is 0 Å². The van der Waals surface area contributed by atoms with Crippen molar-refractivity contribution >= 4 is 11.6 Å². The summed E-state index contributed by atoms with van der Waals surface area (Å²) in [5.74, 6) is -0.203. The zero-order valence-electron chi connectivity index (χ0n) is 11.6. The van der Waals surface area contributed by atoms with Crippen LogP contribution in [-0.4, -0.2) is 27.8 Å². The van der Waals surface area contributed by atoms with Gasteiger partial charge in [-0.3, -0.25) is 9.59 Å². The van der Waals surface area contributed by atoms with Gasteiger partial charge in [0.25, 0.3) is 5.56 Å². The van der Waals surface area contributed by atoms with Crippen molar-refractivity contribution < 1.29 is 4.79 Å². The molecular weight excluding hydrogens is 244 g/mol. The summed E-state index contributed by atoms with van der Waals surface area (Å²) >= 11 is 0. The number of rotatable bonds is 2. The molecule has 0 fully saturated rings. The van der Waals surface area contributed by atoms with Crippen molar-refractivity contribution in [2.75, 3.05) is 11.9 Å². The van der Waals surface area contributed by atoms with Crippen molar-refractivity contribution in [2.45, 2.75) is 45.7 Å². The number of carbonyl (C=O) groups excluding carboxylic acids is 1. The first-order valence-electron chi connectivity index (χ1n) is 6.51. The fraction of sp³-hybridized carbons (Fsp3) is 0.615. The van der Waals surface area contributed by atoms with Crippen molar-refractivity contribution in [1.82, 2.24) is 15.1 Å². The highest BCUT2D eigenvalue weighted by Gasteiger charge is 2.17. The van der Waals surface area contributed by atoms with Crippen LogP contribution < -0.4 is 16.2 Å². The maximum Gasteiger partial charge on any atom is 0.269 e. The van der Waals surface area contributed by atoms with Gasteiger partial charge in [0.15, 0.2) is 0 Å². The summed E-state index contributed by atoms with van der Waals surface area (Å²) in [6.07, 6.45) is 1.83. The van der Waals surface area contributed by atoms with Crippen molar-refractivity contribution in [1.29, 1.82) is 0 Å². The standard InChI is InChI=1S/C13H20N4O2/c1-13(2,3)15-11(18)8-17-12(19)7-10-9(16-17)5-4-6-14-10/h7,14H,4-6,8H2,1-3H3,(H,15,18). The SMILES string of the molecule is CC(C)(C)NC(=O)Cn1nc2c(cc1=O)NCCC2. The van der Waals surface area contributed by atoms with E-state index in [1.807, 2.05) is 20.8 Å². The maximum absolute atomic E-state index is 11.9. The third kappa shape index (κ3) is 3.56.